The van der Waals surface area contributed by atoms with Gasteiger partial charge in [0.2, 0.25) is 0 Å². The second-order valence-corrected chi connectivity index (χ2v) is 3.11. The minimum Gasteiger partial charge on any atom is -0.396 e. The van der Waals surface area contributed by atoms with E-state index in [0.29, 0.717) is 0 Å². The van der Waals surface area contributed by atoms with Gasteiger partial charge < -0.3 is 9.84 Å². The Morgan fingerprint density at radius 3 is 2.58 bits per heavy atom. The maximum absolute atomic E-state index is 8.48. The van der Waals surface area contributed by atoms with Gasteiger partial charge in [0, 0.05) is 13.2 Å². The van der Waals surface area contributed by atoms with Crippen LogP contribution < -0.4 is 0 Å². The van der Waals surface area contributed by atoms with E-state index in [-0.39, 0.29) is 6.61 Å². The highest BCUT2D eigenvalue weighted by molar-refractivity contribution is 4.92. The third kappa shape index (κ3) is 9.66. The van der Waals surface area contributed by atoms with Crippen molar-refractivity contribution in [3.8, 4) is 0 Å². The second kappa shape index (κ2) is 8.75. The molecule has 0 aliphatic heterocycles. The third-order valence-corrected chi connectivity index (χ3v) is 1.51. The van der Waals surface area contributed by atoms with Crippen LogP contribution >= 0.6 is 0 Å². The van der Waals surface area contributed by atoms with Crippen molar-refractivity contribution in [3.63, 3.8) is 0 Å². The van der Waals surface area contributed by atoms with Gasteiger partial charge in [-0.1, -0.05) is 11.6 Å². The molecule has 0 aliphatic carbocycles. The summed E-state index contributed by atoms with van der Waals surface area (Å²) in [7, 11) is 0. The zero-order valence-electron chi connectivity index (χ0n) is 8.18. The summed E-state index contributed by atoms with van der Waals surface area (Å²) < 4.78 is 5.33. The van der Waals surface area contributed by atoms with Crippen molar-refractivity contribution >= 4 is 0 Å². The number of hydrogen-bond donors (Lipinski definition) is 1. The molecule has 0 spiro atoms. The predicted molar refractivity (Wildman–Crippen MR) is 51.2 cm³/mol. The molecular weight excluding hydrogens is 152 g/mol. The summed E-state index contributed by atoms with van der Waals surface area (Å²) in [4.78, 5) is 0. The van der Waals surface area contributed by atoms with Crippen LogP contribution in [-0.4, -0.2) is 24.9 Å². The molecule has 0 radical (unpaired) electrons. The summed E-state index contributed by atoms with van der Waals surface area (Å²) in [5, 5.41) is 8.48. The Kier molecular flexibility index (Phi) is 8.51. The van der Waals surface area contributed by atoms with Gasteiger partial charge in [-0.3, -0.25) is 0 Å². The lowest BCUT2D eigenvalue weighted by molar-refractivity contribution is 0.129. The minimum absolute atomic E-state index is 0.275. The first-order valence-electron chi connectivity index (χ1n) is 4.59. The quantitative estimate of drug-likeness (QED) is 0.471. The molecule has 0 atom stereocenters. The lowest BCUT2D eigenvalue weighted by Gasteiger charge is -2.00. The highest BCUT2D eigenvalue weighted by Gasteiger charge is 1.87. The fourth-order valence-corrected chi connectivity index (χ4v) is 0.849. The lowest BCUT2D eigenvalue weighted by Crippen LogP contribution is -1.97. The Hall–Kier alpha value is -0.340. The first-order chi connectivity index (χ1) is 5.77. The topological polar surface area (TPSA) is 29.5 Å². The van der Waals surface area contributed by atoms with E-state index in [4.69, 9.17) is 9.84 Å². The number of rotatable bonds is 7. The van der Waals surface area contributed by atoms with Crippen LogP contribution in [0.25, 0.3) is 0 Å². The number of aliphatic hydroxyl groups is 1. The Morgan fingerprint density at radius 1 is 1.25 bits per heavy atom. The van der Waals surface area contributed by atoms with E-state index in [0.717, 1.165) is 32.5 Å². The molecule has 0 amide bonds. The highest BCUT2D eigenvalue weighted by atomic mass is 16.5. The standard InChI is InChI=1S/C10H20O2/c1-10(2)6-5-9-12-8-4-3-7-11/h6,11H,3-5,7-9H2,1-2H3. The van der Waals surface area contributed by atoms with Crippen molar-refractivity contribution in [2.75, 3.05) is 19.8 Å². The molecule has 0 aliphatic rings. The average Bonchev–Trinajstić information content (AvgIpc) is 2.02. The smallest absolute Gasteiger partial charge is 0.0500 e. The number of allylic oxidation sites excluding steroid dienone is 1. The Labute approximate surface area is 75.2 Å². The summed E-state index contributed by atoms with van der Waals surface area (Å²) in [6.45, 7) is 6.03. The van der Waals surface area contributed by atoms with E-state index in [1.807, 2.05) is 0 Å². The number of unbranched alkanes of at least 4 members (excludes halogenated alkanes) is 1. The van der Waals surface area contributed by atoms with Crippen LogP contribution in [0.4, 0.5) is 0 Å². The van der Waals surface area contributed by atoms with E-state index in [9.17, 15) is 0 Å². The molecule has 0 aromatic rings. The fourth-order valence-electron chi connectivity index (χ4n) is 0.849. The first-order valence-corrected chi connectivity index (χ1v) is 4.59. The predicted octanol–water partition coefficient (Wildman–Crippen LogP) is 2.13. The van der Waals surface area contributed by atoms with Crippen molar-refractivity contribution in [2.45, 2.75) is 33.1 Å². The zero-order valence-corrected chi connectivity index (χ0v) is 8.18. The van der Waals surface area contributed by atoms with Crippen LogP contribution in [0, 0.1) is 0 Å². The minimum atomic E-state index is 0.275. The molecule has 72 valence electrons. The number of aliphatic hydroxyl groups excluding tert-OH is 1. The average molecular weight is 172 g/mol. The van der Waals surface area contributed by atoms with Crippen LogP contribution in [0.1, 0.15) is 33.1 Å². The van der Waals surface area contributed by atoms with E-state index in [1.54, 1.807) is 0 Å². The van der Waals surface area contributed by atoms with Crippen LogP contribution in [0.3, 0.4) is 0 Å². The zero-order chi connectivity index (χ0) is 9.23. The van der Waals surface area contributed by atoms with Crippen molar-refractivity contribution in [1.82, 2.24) is 0 Å². The maximum Gasteiger partial charge on any atom is 0.0500 e. The molecule has 0 saturated carbocycles. The SMILES string of the molecule is CC(C)=CCCOCCCCO. The van der Waals surface area contributed by atoms with Crippen LogP contribution in [-0.2, 0) is 4.74 Å². The van der Waals surface area contributed by atoms with Crippen molar-refractivity contribution in [1.29, 1.82) is 0 Å². The third-order valence-electron chi connectivity index (χ3n) is 1.51. The molecule has 0 rings (SSSR count). The van der Waals surface area contributed by atoms with Gasteiger partial charge in [0.1, 0.15) is 0 Å². The molecule has 0 unspecified atom stereocenters. The van der Waals surface area contributed by atoms with Gasteiger partial charge in [-0.15, -0.1) is 0 Å². The van der Waals surface area contributed by atoms with E-state index >= 15 is 0 Å². The fraction of sp³-hybridized carbons (Fsp3) is 0.800. The molecule has 0 aromatic carbocycles. The molecule has 0 bridgehead atoms. The molecule has 0 fully saturated rings. The van der Waals surface area contributed by atoms with E-state index in [1.165, 1.54) is 5.57 Å². The normalized spacial score (nSPS) is 9.92. The maximum atomic E-state index is 8.48. The number of hydrogen-bond acceptors (Lipinski definition) is 2. The molecule has 12 heavy (non-hydrogen) atoms. The number of ether oxygens (including phenoxy) is 1. The van der Waals surface area contributed by atoms with E-state index < -0.39 is 0 Å². The summed E-state index contributed by atoms with van der Waals surface area (Å²) in [6.07, 6.45) is 4.99. The van der Waals surface area contributed by atoms with Gasteiger partial charge >= 0.3 is 0 Å². The molecule has 0 heterocycles. The molecular formula is C10H20O2. The molecule has 2 heteroatoms. The lowest BCUT2D eigenvalue weighted by atomic mass is 10.3. The van der Waals surface area contributed by atoms with Gasteiger partial charge in [-0.25, -0.2) is 0 Å². The van der Waals surface area contributed by atoms with Gasteiger partial charge in [-0.2, -0.15) is 0 Å². The first kappa shape index (κ1) is 11.7. The van der Waals surface area contributed by atoms with Gasteiger partial charge in [-0.05, 0) is 33.1 Å². The monoisotopic (exact) mass is 172 g/mol. The van der Waals surface area contributed by atoms with Crippen molar-refractivity contribution in [2.24, 2.45) is 0 Å². The Balaban J connectivity index is 2.96. The summed E-state index contributed by atoms with van der Waals surface area (Å²) in [6, 6.07) is 0. The van der Waals surface area contributed by atoms with Crippen LogP contribution in [0.2, 0.25) is 0 Å². The Morgan fingerprint density at radius 2 is 2.00 bits per heavy atom. The summed E-state index contributed by atoms with van der Waals surface area (Å²) >= 11 is 0. The van der Waals surface area contributed by atoms with Gasteiger partial charge in [0.25, 0.3) is 0 Å². The second-order valence-electron chi connectivity index (χ2n) is 3.11. The van der Waals surface area contributed by atoms with Crippen LogP contribution in [0.5, 0.6) is 0 Å². The van der Waals surface area contributed by atoms with E-state index in [2.05, 4.69) is 19.9 Å². The van der Waals surface area contributed by atoms with Gasteiger partial charge in [0.05, 0.1) is 6.61 Å². The summed E-state index contributed by atoms with van der Waals surface area (Å²) in [5.74, 6) is 0. The van der Waals surface area contributed by atoms with Gasteiger partial charge in [0.15, 0.2) is 0 Å². The molecule has 0 saturated heterocycles. The molecule has 2 nitrogen and oxygen atoms in total. The van der Waals surface area contributed by atoms with Crippen LogP contribution in [0.15, 0.2) is 11.6 Å². The summed E-state index contributed by atoms with van der Waals surface area (Å²) in [5.41, 5.74) is 1.34. The molecule has 0 aromatic heterocycles. The van der Waals surface area contributed by atoms with Crippen molar-refractivity contribution < 1.29 is 9.84 Å². The highest BCUT2D eigenvalue weighted by Crippen LogP contribution is 1.94. The Bertz CT molecular complexity index is 115. The molecule has 1 N–H and O–H groups in total. The largest absolute Gasteiger partial charge is 0.396 e. The van der Waals surface area contributed by atoms with Crippen molar-refractivity contribution in [3.05, 3.63) is 11.6 Å².